The van der Waals surface area contributed by atoms with Gasteiger partial charge in [0, 0.05) is 29.4 Å². The van der Waals surface area contributed by atoms with Gasteiger partial charge < -0.3 is 10.6 Å². The lowest BCUT2D eigenvalue weighted by atomic mass is 9.97. The highest BCUT2D eigenvalue weighted by atomic mass is 35.5. The first-order chi connectivity index (χ1) is 11.1. The highest BCUT2D eigenvalue weighted by Crippen LogP contribution is 2.23. The number of hydrogen-bond acceptors (Lipinski definition) is 3. The lowest BCUT2D eigenvalue weighted by Crippen LogP contribution is -2.33. The first-order valence-electron chi connectivity index (χ1n) is 8.02. The number of Topliss-reactive ketones (excluding diaryl/α,β-unsaturated/α-hetero) is 1. The van der Waals surface area contributed by atoms with Crippen LogP contribution in [-0.4, -0.2) is 18.4 Å². The molecule has 4 heteroatoms. The standard InChI is InChI=1S/C19H21ClN2O/c1-13(22-12-14-4-7-17(20)8-5-14)19(23)16-6-9-18-15(11-16)3-2-10-21-18/h4-9,11,13,21-22H,2-3,10,12H2,1H3. The van der Waals surface area contributed by atoms with Crippen LogP contribution in [-0.2, 0) is 13.0 Å². The molecule has 0 radical (unpaired) electrons. The van der Waals surface area contributed by atoms with Gasteiger partial charge in [0.05, 0.1) is 6.04 Å². The number of fused-ring (bicyclic) bond motifs is 1. The normalized spacial score (nSPS) is 14.7. The first kappa shape index (κ1) is 16.0. The summed E-state index contributed by atoms with van der Waals surface area (Å²) in [5.74, 6) is 0.132. The van der Waals surface area contributed by atoms with Crippen LogP contribution in [0.5, 0.6) is 0 Å². The minimum Gasteiger partial charge on any atom is -0.385 e. The van der Waals surface area contributed by atoms with Gasteiger partial charge in [0.25, 0.3) is 0 Å². The van der Waals surface area contributed by atoms with E-state index in [1.165, 1.54) is 5.56 Å². The Hall–Kier alpha value is -1.84. The molecule has 2 aromatic rings. The quantitative estimate of drug-likeness (QED) is 0.813. The van der Waals surface area contributed by atoms with E-state index in [1.54, 1.807) is 0 Å². The van der Waals surface area contributed by atoms with Gasteiger partial charge in [-0.2, -0.15) is 0 Å². The predicted octanol–water partition coefficient (Wildman–Crippen LogP) is 4.06. The van der Waals surface area contributed by atoms with Gasteiger partial charge in [-0.15, -0.1) is 0 Å². The van der Waals surface area contributed by atoms with Crippen molar-refractivity contribution in [3.8, 4) is 0 Å². The molecule has 1 aliphatic rings. The zero-order chi connectivity index (χ0) is 16.2. The summed E-state index contributed by atoms with van der Waals surface area (Å²) >= 11 is 5.88. The minimum atomic E-state index is -0.222. The number of halogens is 1. The molecule has 0 aromatic heterocycles. The summed E-state index contributed by atoms with van der Waals surface area (Å²) in [5.41, 5.74) is 4.30. The van der Waals surface area contributed by atoms with Crippen molar-refractivity contribution < 1.29 is 4.79 Å². The number of ketones is 1. The monoisotopic (exact) mass is 328 g/mol. The second-order valence-electron chi connectivity index (χ2n) is 6.00. The van der Waals surface area contributed by atoms with Gasteiger partial charge in [-0.3, -0.25) is 4.79 Å². The number of carbonyl (C=O) groups is 1. The smallest absolute Gasteiger partial charge is 0.179 e. The lowest BCUT2D eigenvalue weighted by molar-refractivity contribution is 0.0950. The van der Waals surface area contributed by atoms with Crippen molar-refractivity contribution in [3.63, 3.8) is 0 Å². The van der Waals surface area contributed by atoms with Gasteiger partial charge in [-0.1, -0.05) is 23.7 Å². The molecule has 0 saturated heterocycles. The second kappa shape index (κ2) is 7.16. The number of anilines is 1. The Bertz CT molecular complexity index is 697. The number of nitrogens with one attached hydrogen (secondary N) is 2. The van der Waals surface area contributed by atoms with Crippen molar-refractivity contribution >= 4 is 23.1 Å². The number of carbonyl (C=O) groups excluding carboxylic acids is 1. The molecule has 23 heavy (non-hydrogen) atoms. The summed E-state index contributed by atoms with van der Waals surface area (Å²) in [6, 6.07) is 13.4. The van der Waals surface area contributed by atoms with Crippen LogP contribution < -0.4 is 10.6 Å². The Morgan fingerprint density at radius 3 is 2.83 bits per heavy atom. The van der Waals surface area contributed by atoms with E-state index in [2.05, 4.69) is 10.6 Å². The molecule has 1 heterocycles. The number of aryl methyl sites for hydroxylation is 1. The van der Waals surface area contributed by atoms with E-state index in [4.69, 9.17) is 11.6 Å². The molecule has 3 rings (SSSR count). The van der Waals surface area contributed by atoms with Gasteiger partial charge in [0.15, 0.2) is 5.78 Å². The number of rotatable bonds is 5. The molecule has 0 spiro atoms. The molecule has 0 bridgehead atoms. The molecule has 0 saturated carbocycles. The SMILES string of the molecule is CC(NCc1ccc(Cl)cc1)C(=O)c1ccc2c(c1)CCCN2. The topological polar surface area (TPSA) is 41.1 Å². The molecule has 2 N–H and O–H groups in total. The predicted molar refractivity (Wildman–Crippen MR) is 95.3 cm³/mol. The zero-order valence-electron chi connectivity index (χ0n) is 13.2. The summed E-state index contributed by atoms with van der Waals surface area (Å²) in [6.07, 6.45) is 2.16. The summed E-state index contributed by atoms with van der Waals surface area (Å²) in [4.78, 5) is 12.6. The Labute approximate surface area is 142 Å². The highest BCUT2D eigenvalue weighted by molar-refractivity contribution is 6.30. The fraction of sp³-hybridized carbons (Fsp3) is 0.316. The Morgan fingerprint density at radius 2 is 2.04 bits per heavy atom. The summed E-state index contributed by atoms with van der Waals surface area (Å²) in [5, 5.41) is 7.38. The van der Waals surface area contributed by atoms with Crippen LogP contribution in [0.4, 0.5) is 5.69 Å². The van der Waals surface area contributed by atoms with Crippen molar-refractivity contribution in [1.82, 2.24) is 5.32 Å². The van der Waals surface area contributed by atoms with Gasteiger partial charge >= 0.3 is 0 Å². The van der Waals surface area contributed by atoms with Crippen LogP contribution in [0.1, 0.15) is 34.8 Å². The molecule has 2 aromatic carbocycles. The van der Waals surface area contributed by atoms with E-state index in [1.807, 2.05) is 49.4 Å². The van der Waals surface area contributed by atoms with Gasteiger partial charge in [-0.05, 0) is 61.2 Å². The van der Waals surface area contributed by atoms with Crippen LogP contribution in [0, 0.1) is 0 Å². The fourth-order valence-corrected chi connectivity index (χ4v) is 2.97. The Kier molecular flexibility index (Phi) is 4.99. The van der Waals surface area contributed by atoms with Crippen molar-refractivity contribution in [2.75, 3.05) is 11.9 Å². The fourth-order valence-electron chi connectivity index (χ4n) is 2.84. The molecule has 3 nitrogen and oxygen atoms in total. The average Bonchev–Trinajstić information content (AvgIpc) is 2.60. The third-order valence-corrected chi connectivity index (χ3v) is 4.50. The molecule has 1 unspecified atom stereocenters. The summed E-state index contributed by atoms with van der Waals surface area (Å²) in [7, 11) is 0. The van der Waals surface area contributed by atoms with E-state index in [9.17, 15) is 4.79 Å². The van der Waals surface area contributed by atoms with Crippen LogP contribution in [0.2, 0.25) is 5.02 Å². The van der Waals surface area contributed by atoms with Crippen molar-refractivity contribution in [1.29, 1.82) is 0 Å². The van der Waals surface area contributed by atoms with E-state index < -0.39 is 0 Å². The maximum absolute atomic E-state index is 12.6. The summed E-state index contributed by atoms with van der Waals surface area (Å²) < 4.78 is 0. The van der Waals surface area contributed by atoms with Crippen molar-refractivity contribution in [3.05, 3.63) is 64.2 Å². The third-order valence-electron chi connectivity index (χ3n) is 4.25. The van der Waals surface area contributed by atoms with E-state index in [-0.39, 0.29) is 11.8 Å². The van der Waals surface area contributed by atoms with Gasteiger partial charge in [0.2, 0.25) is 0 Å². The summed E-state index contributed by atoms with van der Waals surface area (Å²) in [6.45, 7) is 3.58. The molecule has 0 amide bonds. The van der Waals surface area contributed by atoms with E-state index >= 15 is 0 Å². The average molecular weight is 329 g/mol. The molecule has 1 aliphatic heterocycles. The van der Waals surface area contributed by atoms with Crippen LogP contribution >= 0.6 is 11.6 Å². The zero-order valence-corrected chi connectivity index (χ0v) is 14.0. The van der Waals surface area contributed by atoms with Crippen LogP contribution in [0.25, 0.3) is 0 Å². The maximum Gasteiger partial charge on any atom is 0.179 e. The lowest BCUT2D eigenvalue weighted by Gasteiger charge is -2.19. The molecule has 1 atom stereocenters. The van der Waals surface area contributed by atoms with Gasteiger partial charge in [0.1, 0.15) is 0 Å². The molecular weight excluding hydrogens is 308 g/mol. The molecule has 0 fully saturated rings. The van der Waals surface area contributed by atoms with Crippen LogP contribution in [0.15, 0.2) is 42.5 Å². The highest BCUT2D eigenvalue weighted by Gasteiger charge is 2.17. The first-order valence-corrected chi connectivity index (χ1v) is 8.40. The number of benzene rings is 2. The molecule has 0 aliphatic carbocycles. The minimum absolute atomic E-state index is 0.132. The second-order valence-corrected chi connectivity index (χ2v) is 6.43. The molecule has 120 valence electrons. The van der Waals surface area contributed by atoms with Gasteiger partial charge in [-0.25, -0.2) is 0 Å². The molecular formula is C19H21ClN2O. The number of hydrogen-bond donors (Lipinski definition) is 2. The Morgan fingerprint density at radius 1 is 1.26 bits per heavy atom. The van der Waals surface area contributed by atoms with E-state index in [0.29, 0.717) is 6.54 Å². The van der Waals surface area contributed by atoms with Crippen molar-refractivity contribution in [2.24, 2.45) is 0 Å². The third kappa shape index (κ3) is 3.92. The van der Waals surface area contributed by atoms with E-state index in [0.717, 1.165) is 41.2 Å². The largest absolute Gasteiger partial charge is 0.385 e. The Balaban J connectivity index is 1.64. The van der Waals surface area contributed by atoms with Crippen molar-refractivity contribution in [2.45, 2.75) is 32.4 Å². The maximum atomic E-state index is 12.6. The van der Waals surface area contributed by atoms with Crippen LogP contribution in [0.3, 0.4) is 0 Å².